The number of anilines is 1. The first-order valence-corrected chi connectivity index (χ1v) is 7.92. The summed E-state index contributed by atoms with van der Waals surface area (Å²) < 4.78 is 6.18. The number of amides is 1. The summed E-state index contributed by atoms with van der Waals surface area (Å²) in [5, 5.41) is 0.920. The molecule has 1 amide bonds. The van der Waals surface area contributed by atoms with Crippen LogP contribution in [0.5, 0.6) is 0 Å². The van der Waals surface area contributed by atoms with Crippen LogP contribution in [0.15, 0.2) is 18.5 Å². The first-order chi connectivity index (χ1) is 10.2. The second kappa shape index (κ2) is 5.99. The summed E-state index contributed by atoms with van der Waals surface area (Å²) in [5.41, 5.74) is 6.73. The summed E-state index contributed by atoms with van der Waals surface area (Å²) in [6.07, 6.45) is 5.60. The molecule has 0 aromatic carbocycles. The minimum atomic E-state index is 0.0366. The molecule has 1 fully saturated rings. The molecule has 0 saturated carbocycles. The number of likely N-dealkylation sites (tertiary alicyclic amines) is 1. The number of rotatable bonds is 3. The molecule has 0 bridgehead atoms. The van der Waals surface area contributed by atoms with Crippen molar-refractivity contribution in [3.05, 3.63) is 23.3 Å². The van der Waals surface area contributed by atoms with Crippen LogP contribution in [0.3, 0.4) is 0 Å². The molecule has 0 radical (unpaired) electrons. The quantitative estimate of drug-likeness (QED) is 0.945. The Morgan fingerprint density at radius 3 is 3.24 bits per heavy atom. The zero-order valence-corrected chi connectivity index (χ0v) is 12.9. The smallest absolute Gasteiger partial charge is 0.266 e. The van der Waals surface area contributed by atoms with Gasteiger partial charge in [0.1, 0.15) is 4.88 Å². The van der Waals surface area contributed by atoms with E-state index in [9.17, 15) is 4.79 Å². The minimum absolute atomic E-state index is 0.0366. The fraction of sp³-hybridized carbons (Fsp3) is 0.467. The molecule has 2 N–H and O–H groups in total. The van der Waals surface area contributed by atoms with Gasteiger partial charge in [-0.2, -0.15) is 0 Å². The average molecular weight is 305 g/mol. The molecule has 2 aromatic heterocycles. The number of hydrogen-bond donors (Lipinski definition) is 1. The summed E-state index contributed by atoms with van der Waals surface area (Å²) in [6, 6.07) is 1.86. The Morgan fingerprint density at radius 1 is 1.62 bits per heavy atom. The molecule has 1 atom stereocenters. The van der Waals surface area contributed by atoms with Crippen LogP contribution in [0.2, 0.25) is 0 Å². The maximum absolute atomic E-state index is 12.7. The van der Waals surface area contributed by atoms with Crippen molar-refractivity contribution in [3.63, 3.8) is 0 Å². The van der Waals surface area contributed by atoms with Crippen molar-refractivity contribution in [1.29, 1.82) is 0 Å². The minimum Gasteiger partial charge on any atom is -0.397 e. The van der Waals surface area contributed by atoms with E-state index in [-0.39, 0.29) is 5.91 Å². The Bertz CT molecular complexity index is 653. The Morgan fingerprint density at radius 2 is 2.48 bits per heavy atom. The number of nitrogens with zero attached hydrogens (tertiary/aromatic N) is 2. The number of nitrogen functional groups attached to an aromatic ring is 1. The van der Waals surface area contributed by atoms with Crippen molar-refractivity contribution in [2.45, 2.75) is 12.8 Å². The van der Waals surface area contributed by atoms with Gasteiger partial charge in [0, 0.05) is 38.0 Å². The van der Waals surface area contributed by atoms with Crippen molar-refractivity contribution >= 4 is 33.0 Å². The molecule has 3 heterocycles. The molecule has 0 spiro atoms. The fourth-order valence-electron chi connectivity index (χ4n) is 2.89. The second-order valence-corrected chi connectivity index (χ2v) is 6.48. The Labute approximate surface area is 127 Å². The first-order valence-electron chi connectivity index (χ1n) is 7.11. The van der Waals surface area contributed by atoms with E-state index in [1.165, 1.54) is 11.3 Å². The molecular formula is C15H19N3O2S. The van der Waals surface area contributed by atoms with E-state index < -0.39 is 0 Å². The van der Waals surface area contributed by atoms with Crippen molar-refractivity contribution < 1.29 is 9.53 Å². The molecule has 3 rings (SSSR count). The lowest BCUT2D eigenvalue weighted by molar-refractivity contribution is 0.0576. The molecule has 1 aliphatic heterocycles. The normalized spacial score (nSPS) is 19.1. The summed E-state index contributed by atoms with van der Waals surface area (Å²) in [6.45, 7) is 2.25. The molecule has 1 saturated heterocycles. The molecule has 112 valence electrons. The van der Waals surface area contributed by atoms with E-state index in [2.05, 4.69) is 4.98 Å². The number of fused-ring (bicyclic) bond motifs is 1. The van der Waals surface area contributed by atoms with Gasteiger partial charge in [-0.1, -0.05) is 0 Å². The van der Waals surface area contributed by atoms with Gasteiger partial charge in [0.05, 0.1) is 17.0 Å². The predicted octanol–water partition coefficient (Wildman–Crippen LogP) is 2.38. The molecular weight excluding hydrogens is 286 g/mol. The summed E-state index contributed by atoms with van der Waals surface area (Å²) in [5.74, 6) is 0.458. The van der Waals surface area contributed by atoms with Crippen molar-refractivity contribution in [2.24, 2.45) is 5.92 Å². The number of hydrogen-bond acceptors (Lipinski definition) is 5. The van der Waals surface area contributed by atoms with Crippen molar-refractivity contribution in [2.75, 3.05) is 32.5 Å². The number of pyridine rings is 1. The van der Waals surface area contributed by atoms with Gasteiger partial charge in [0.15, 0.2) is 0 Å². The van der Waals surface area contributed by atoms with Gasteiger partial charge in [0.2, 0.25) is 0 Å². The molecule has 5 nitrogen and oxygen atoms in total. The topological polar surface area (TPSA) is 68.5 Å². The maximum Gasteiger partial charge on any atom is 0.266 e. The van der Waals surface area contributed by atoms with Crippen LogP contribution in [0.1, 0.15) is 22.5 Å². The van der Waals surface area contributed by atoms with Gasteiger partial charge in [-0.3, -0.25) is 9.78 Å². The highest BCUT2D eigenvalue weighted by atomic mass is 32.1. The Balaban J connectivity index is 1.84. The highest BCUT2D eigenvalue weighted by Gasteiger charge is 2.27. The second-order valence-electron chi connectivity index (χ2n) is 5.43. The summed E-state index contributed by atoms with van der Waals surface area (Å²) in [4.78, 5) is 19.4. The Hall–Kier alpha value is -1.66. The van der Waals surface area contributed by atoms with Crippen LogP contribution in [0.4, 0.5) is 5.69 Å². The number of ether oxygens (including phenoxy) is 1. The van der Waals surface area contributed by atoms with E-state index in [0.717, 1.165) is 36.0 Å². The van der Waals surface area contributed by atoms with Crippen LogP contribution >= 0.6 is 11.3 Å². The third-order valence-electron chi connectivity index (χ3n) is 3.93. The van der Waals surface area contributed by atoms with Gasteiger partial charge in [0.25, 0.3) is 5.91 Å². The lowest BCUT2D eigenvalue weighted by Crippen LogP contribution is -2.41. The van der Waals surface area contributed by atoms with Gasteiger partial charge >= 0.3 is 0 Å². The van der Waals surface area contributed by atoms with E-state index >= 15 is 0 Å². The van der Waals surface area contributed by atoms with Gasteiger partial charge < -0.3 is 15.4 Å². The highest BCUT2D eigenvalue weighted by Crippen LogP contribution is 2.34. The summed E-state index contributed by atoms with van der Waals surface area (Å²) in [7, 11) is 1.71. The van der Waals surface area contributed by atoms with Crippen LogP contribution in [0, 0.1) is 5.92 Å². The number of aromatic nitrogens is 1. The van der Waals surface area contributed by atoms with Gasteiger partial charge in [-0.05, 0) is 24.8 Å². The van der Waals surface area contributed by atoms with E-state index in [1.807, 2.05) is 11.0 Å². The van der Waals surface area contributed by atoms with E-state index in [1.54, 1.807) is 19.5 Å². The number of methoxy groups -OCH3 is 1. The van der Waals surface area contributed by atoms with Crippen LogP contribution in [0.25, 0.3) is 10.1 Å². The number of nitrogens with two attached hydrogens (primary N) is 1. The third-order valence-corrected chi connectivity index (χ3v) is 5.08. The lowest BCUT2D eigenvalue weighted by Gasteiger charge is -2.32. The van der Waals surface area contributed by atoms with E-state index in [4.69, 9.17) is 10.5 Å². The average Bonchev–Trinajstić information content (AvgIpc) is 2.85. The molecule has 0 aliphatic carbocycles. The fourth-order valence-corrected chi connectivity index (χ4v) is 3.95. The highest BCUT2D eigenvalue weighted by molar-refractivity contribution is 7.21. The molecule has 1 aliphatic rings. The monoisotopic (exact) mass is 305 g/mol. The van der Waals surface area contributed by atoms with Crippen LogP contribution in [-0.4, -0.2) is 42.6 Å². The first kappa shape index (κ1) is 14.3. The Kier molecular flexibility index (Phi) is 4.07. The number of carbonyl (C=O) groups excluding carboxylic acids is 1. The molecule has 2 aromatic rings. The molecule has 6 heteroatoms. The van der Waals surface area contributed by atoms with Gasteiger partial charge in [-0.15, -0.1) is 11.3 Å². The number of carbonyl (C=O) groups is 1. The lowest BCUT2D eigenvalue weighted by atomic mass is 9.99. The standard InChI is InChI=1S/C15H19N3O2S/c1-20-9-10-3-2-6-18(8-10)15(19)14-13(16)11-4-5-17-7-12(11)21-14/h4-5,7,10H,2-3,6,8-9,16H2,1H3. The SMILES string of the molecule is COCC1CCCN(C(=O)c2sc3cnccc3c2N)C1. The van der Waals surface area contributed by atoms with Crippen LogP contribution < -0.4 is 5.73 Å². The van der Waals surface area contributed by atoms with Crippen molar-refractivity contribution in [3.8, 4) is 0 Å². The van der Waals surface area contributed by atoms with Crippen molar-refractivity contribution in [1.82, 2.24) is 9.88 Å². The predicted molar refractivity (Wildman–Crippen MR) is 84.5 cm³/mol. The largest absolute Gasteiger partial charge is 0.397 e. The van der Waals surface area contributed by atoms with Crippen LogP contribution in [-0.2, 0) is 4.74 Å². The van der Waals surface area contributed by atoms with E-state index in [0.29, 0.717) is 23.1 Å². The summed E-state index contributed by atoms with van der Waals surface area (Å²) >= 11 is 1.43. The maximum atomic E-state index is 12.7. The molecule has 21 heavy (non-hydrogen) atoms. The number of thiophene rings is 1. The zero-order chi connectivity index (χ0) is 14.8. The third kappa shape index (κ3) is 2.73. The van der Waals surface area contributed by atoms with Gasteiger partial charge in [-0.25, -0.2) is 0 Å². The molecule has 1 unspecified atom stereocenters. The number of piperidine rings is 1. The zero-order valence-electron chi connectivity index (χ0n) is 12.0.